The standard InChI is InChI=1S/C28H31N7O3/c1-3-23(36)19-38-25-12-26(28-21(13-29)15-32-35(28)18-25)20-4-7-27(31-14-20)34-10-8-33(9-11-34)17-22-5-6-24(37-2)16-30-22/h4-7,12,14-16,18,23,36H,3,8-11,17,19H2,1-2H3/t23-/m0/s1. The van der Waals surface area contributed by atoms with Crippen molar-refractivity contribution in [2.24, 2.45) is 0 Å². The fourth-order valence-electron chi connectivity index (χ4n) is 4.51. The summed E-state index contributed by atoms with van der Waals surface area (Å²) in [5.74, 6) is 2.25. The normalized spacial score (nSPS) is 14.8. The Bertz CT molecular complexity index is 1410. The number of piperazine rings is 1. The molecule has 1 aliphatic heterocycles. The number of rotatable bonds is 9. The second-order valence-electron chi connectivity index (χ2n) is 9.28. The Labute approximate surface area is 221 Å². The minimum Gasteiger partial charge on any atom is -0.495 e. The minimum atomic E-state index is -0.546. The van der Waals surface area contributed by atoms with E-state index in [1.807, 2.05) is 43.5 Å². The molecule has 0 unspecified atom stereocenters. The van der Waals surface area contributed by atoms with E-state index in [1.165, 1.54) is 0 Å². The molecule has 0 spiro atoms. The van der Waals surface area contributed by atoms with E-state index in [2.05, 4.69) is 26.0 Å². The zero-order valence-electron chi connectivity index (χ0n) is 21.6. The molecule has 0 radical (unpaired) electrons. The van der Waals surface area contributed by atoms with Crippen LogP contribution in [0, 0.1) is 11.3 Å². The van der Waals surface area contributed by atoms with Crippen molar-refractivity contribution in [3.8, 4) is 28.7 Å². The molecule has 10 heteroatoms. The zero-order valence-corrected chi connectivity index (χ0v) is 21.6. The van der Waals surface area contributed by atoms with Gasteiger partial charge in [0.05, 0.1) is 48.6 Å². The van der Waals surface area contributed by atoms with Gasteiger partial charge in [0, 0.05) is 50.0 Å². The smallest absolute Gasteiger partial charge is 0.138 e. The van der Waals surface area contributed by atoms with Crippen molar-refractivity contribution in [1.29, 1.82) is 5.26 Å². The predicted molar refractivity (Wildman–Crippen MR) is 143 cm³/mol. The van der Waals surface area contributed by atoms with Crippen molar-refractivity contribution in [1.82, 2.24) is 24.5 Å². The maximum Gasteiger partial charge on any atom is 0.138 e. The topological polar surface area (TPSA) is 112 Å². The van der Waals surface area contributed by atoms with Gasteiger partial charge in [-0.3, -0.25) is 9.88 Å². The first-order valence-corrected chi connectivity index (χ1v) is 12.7. The van der Waals surface area contributed by atoms with Crippen LogP contribution in [0.25, 0.3) is 16.6 Å². The van der Waals surface area contributed by atoms with E-state index >= 15 is 0 Å². The summed E-state index contributed by atoms with van der Waals surface area (Å²) in [6.45, 7) is 6.48. The molecule has 0 saturated carbocycles. The van der Waals surface area contributed by atoms with Gasteiger partial charge in [0.1, 0.15) is 30.0 Å². The molecule has 1 N–H and O–H groups in total. The highest BCUT2D eigenvalue weighted by Gasteiger charge is 2.20. The number of aliphatic hydroxyl groups is 1. The molecule has 1 aliphatic rings. The van der Waals surface area contributed by atoms with Crippen LogP contribution in [0.1, 0.15) is 24.6 Å². The summed E-state index contributed by atoms with van der Waals surface area (Å²) in [7, 11) is 1.64. The number of pyridine rings is 3. The Kier molecular flexibility index (Phi) is 7.67. The molecule has 1 saturated heterocycles. The lowest BCUT2D eigenvalue weighted by atomic mass is 10.1. The van der Waals surface area contributed by atoms with Crippen LogP contribution in [0.3, 0.4) is 0 Å². The minimum absolute atomic E-state index is 0.186. The molecule has 10 nitrogen and oxygen atoms in total. The van der Waals surface area contributed by atoms with E-state index < -0.39 is 6.10 Å². The molecular weight excluding hydrogens is 482 g/mol. The molecule has 38 heavy (non-hydrogen) atoms. The Morgan fingerprint density at radius 1 is 1.05 bits per heavy atom. The summed E-state index contributed by atoms with van der Waals surface area (Å²) in [6.07, 6.45) is 6.92. The van der Waals surface area contributed by atoms with Crippen molar-refractivity contribution in [2.75, 3.05) is 44.8 Å². The maximum absolute atomic E-state index is 9.91. The summed E-state index contributed by atoms with van der Waals surface area (Å²) in [4.78, 5) is 13.9. The molecule has 0 aromatic carbocycles. The third-order valence-electron chi connectivity index (χ3n) is 6.79. The van der Waals surface area contributed by atoms with Gasteiger partial charge in [-0.05, 0) is 36.8 Å². The number of aromatic nitrogens is 4. The van der Waals surface area contributed by atoms with E-state index in [0.717, 1.165) is 61.1 Å². The number of nitriles is 1. The SMILES string of the molecule is CC[C@H](O)COc1cc(-c2ccc(N3CCN(Cc4ccc(OC)cn4)CC3)nc2)c2c(C#N)cnn2c1. The van der Waals surface area contributed by atoms with E-state index in [0.29, 0.717) is 23.3 Å². The summed E-state index contributed by atoms with van der Waals surface area (Å²) >= 11 is 0. The third-order valence-corrected chi connectivity index (χ3v) is 6.79. The van der Waals surface area contributed by atoms with Crippen molar-refractivity contribution < 1.29 is 14.6 Å². The molecule has 4 aromatic rings. The number of methoxy groups -OCH3 is 1. The summed E-state index contributed by atoms with van der Waals surface area (Å²) in [5.41, 5.74) is 3.87. The average molecular weight is 514 g/mol. The van der Waals surface area contributed by atoms with Crippen LogP contribution in [0.5, 0.6) is 11.5 Å². The quantitative estimate of drug-likeness (QED) is 0.361. The highest BCUT2D eigenvalue weighted by molar-refractivity contribution is 5.85. The van der Waals surface area contributed by atoms with Gasteiger partial charge in [-0.2, -0.15) is 10.4 Å². The molecule has 5 heterocycles. The summed E-state index contributed by atoms with van der Waals surface area (Å²) < 4.78 is 12.7. The van der Waals surface area contributed by atoms with Crippen LogP contribution in [-0.4, -0.2) is 75.6 Å². The average Bonchev–Trinajstić information content (AvgIpc) is 3.39. The van der Waals surface area contributed by atoms with Gasteiger partial charge in [0.15, 0.2) is 0 Å². The first-order valence-electron chi connectivity index (χ1n) is 12.7. The Balaban J connectivity index is 1.29. The second kappa shape index (κ2) is 11.5. The number of hydrogen-bond donors (Lipinski definition) is 1. The van der Waals surface area contributed by atoms with Crippen LogP contribution >= 0.6 is 0 Å². The number of ether oxygens (including phenoxy) is 2. The van der Waals surface area contributed by atoms with E-state index in [-0.39, 0.29) is 6.61 Å². The van der Waals surface area contributed by atoms with Crippen LogP contribution in [0.2, 0.25) is 0 Å². The van der Waals surface area contributed by atoms with Gasteiger partial charge in [-0.1, -0.05) is 6.92 Å². The number of anilines is 1. The van der Waals surface area contributed by atoms with Gasteiger partial charge in [-0.25, -0.2) is 9.50 Å². The molecule has 1 atom stereocenters. The largest absolute Gasteiger partial charge is 0.495 e. The number of nitrogens with zero attached hydrogens (tertiary/aromatic N) is 7. The van der Waals surface area contributed by atoms with Crippen LogP contribution in [-0.2, 0) is 6.54 Å². The molecule has 0 aliphatic carbocycles. The van der Waals surface area contributed by atoms with Crippen LogP contribution in [0.4, 0.5) is 5.82 Å². The van der Waals surface area contributed by atoms with E-state index in [1.54, 1.807) is 30.2 Å². The van der Waals surface area contributed by atoms with Gasteiger partial charge in [0.25, 0.3) is 0 Å². The maximum atomic E-state index is 9.91. The Hall–Kier alpha value is -4.20. The number of fused-ring (bicyclic) bond motifs is 1. The van der Waals surface area contributed by atoms with Crippen molar-refractivity contribution in [3.05, 3.63) is 66.4 Å². The Morgan fingerprint density at radius 2 is 1.89 bits per heavy atom. The lowest BCUT2D eigenvalue weighted by Crippen LogP contribution is -2.46. The first kappa shape index (κ1) is 25.4. The fraction of sp³-hybridized carbons (Fsp3) is 0.357. The lowest BCUT2D eigenvalue weighted by Gasteiger charge is -2.35. The van der Waals surface area contributed by atoms with Crippen molar-refractivity contribution >= 4 is 11.3 Å². The van der Waals surface area contributed by atoms with Gasteiger partial charge >= 0.3 is 0 Å². The first-order chi connectivity index (χ1) is 18.6. The summed E-state index contributed by atoms with van der Waals surface area (Å²) in [6, 6.07) is 12.1. The molecular formula is C28H31N7O3. The van der Waals surface area contributed by atoms with E-state index in [4.69, 9.17) is 14.5 Å². The highest BCUT2D eigenvalue weighted by atomic mass is 16.5. The van der Waals surface area contributed by atoms with Crippen LogP contribution in [0.15, 0.2) is 55.1 Å². The lowest BCUT2D eigenvalue weighted by molar-refractivity contribution is 0.104. The molecule has 5 rings (SSSR count). The monoisotopic (exact) mass is 513 g/mol. The van der Waals surface area contributed by atoms with Crippen molar-refractivity contribution in [3.63, 3.8) is 0 Å². The van der Waals surface area contributed by atoms with E-state index in [9.17, 15) is 10.4 Å². The molecule has 1 fully saturated rings. The molecule has 4 aromatic heterocycles. The molecule has 0 bridgehead atoms. The fourth-order valence-corrected chi connectivity index (χ4v) is 4.51. The zero-order chi connectivity index (χ0) is 26.5. The second-order valence-corrected chi connectivity index (χ2v) is 9.28. The Morgan fingerprint density at radius 3 is 2.55 bits per heavy atom. The third kappa shape index (κ3) is 5.54. The highest BCUT2D eigenvalue weighted by Crippen LogP contribution is 2.31. The van der Waals surface area contributed by atoms with Gasteiger partial charge < -0.3 is 19.5 Å². The summed E-state index contributed by atoms with van der Waals surface area (Å²) in [5, 5.41) is 23.9. The molecule has 0 amide bonds. The molecule has 196 valence electrons. The number of aliphatic hydroxyl groups excluding tert-OH is 1. The van der Waals surface area contributed by atoms with Crippen molar-refractivity contribution in [2.45, 2.75) is 26.0 Å². The van der Waals surface area contributed by atoms with Gasteiger partial charge in [0.2, 0.25) is 0 Å². The van der Waals surface area contributed by atoms with Crippen LogP contribution < -0.4 is 14.4 Å². The number of hydrogen-bond acceptors (Lipinski definition) is 9. The predicted octanol–water partition coefficient (Wildman–Crippen LogP) is 3.14. The van der Waals surface area contributed by atoms with Gasteiger partial charge in [-0.15, -0.1) is 0 Å².